The van der Waals surface area contributed by atoms with Crippen molar-refractivity contribution in [3.8, 4) is 0 Å². The lowest BCUT2D eigenvalue weighted by Gasteiger charge is -2.00. The molecule has 0 saturated carbocycles. The topological polar surface area (TPSA) is 93.2 Å². The molecule has 1 N–H and O–H groups in total. The second-order valence-corrected chi connectivity index (χ2v) is 3.58. The predicted molar refractivity (Wildman–Crippen MR) is 41.1 cm³/mol. The molecule has 1 unspecified atom stereocenters. The van der Waals surface area contributed by atoms with Crippen LogP contribution in [0.15, 0.2) is 12.2 Å². The standard InChI is InChI=1S/C6H8O6S/c1-4(2-5-3-11-5)6(7)12-13(8,9)10/h5H,1-3H2,(H,8,9,10). The van der Waals surface area contributed by atoms with Gasteiger partial charge in [0, 0.05) is 12.0 Å². The van der Waals surface area contributed by atoms with Crippen LogP contribution in [0, 0.1) is 0 Å². The molecule has 0 aliphatic carbocycles. The molecular formula is C6H8O6S. The van der Waals surface area contributed by atoms with Gasteiger partial charge in [0.15, 0.2) is 0 Å². The lowest BCUT2D eigenvalue weighted by molar-refractivity contribution is -0.130. The third-order valence-electron chi connectivity index (χ3n) is 1.35. The van der Waals surface area contributed by atoms with Crippen molar-refractivity contribution in [3.05, 3.63) is 12.2 Å². The van der Waals surface area contributed by atoms with Crippen molar-refractivity contribution >= 4 is 16.4 Å². The molecule has 0 amide bonds. The lowest BCUT2D eigenvalue weighted by atomic mass is 10.2. The Balaban J connectivity index is 2.42. The van der Waals surface area contributed by atoms with E-state index in [0.29, 0.717) is 6.61 Å². The summed E-state index contributed by atoms with van der Waals surface area (Å²) in [6.45, 7) is 3.81. The highest BCUT2D eigenvalue weighted by atomic mass is 32.3. The summed E-state index contributed by atoms with van der Waals surface area (Å²) >= 11 is 0. The maximum atomic E-state index is 10.8. The number of hydrogen-bond donors (Lipinski definition) is 1. The fourth-order valence-electron chi connectivity index (χ4n) is 0.699. The minimum Gasteiger partial charge on any atom is -0.373 e. The lowest BCUT2D eigenvalue weighted by Crippen LogP contribution is -2.14. The average Bonchev–Trinajstić information content (AvgIpc) is 2.67. The first-order valence-electron chi connectivity index (χ1n) is 3.39. The SMILES string of the molecule is C=C(CC1CO1)C(=O)OS(=O)(=O)O. The summed E-state index contributed by atoms with van der Waals surface area (Å²) in [5.74, 6) is -1.15. The van der Waals surface area contributed by atoms with Gasteiger partial charge in [-0.3, -0.25) is 4.55 Å². The highest BCUT2D eigenvalue weighted by molar-refractivity contribution is 7.81. The van der Waals surface area contributed by atoms with Gasteiger partial charge in [-0.05, 0) is 0 Å². The molecule has 74 valence electrons. The van der Waals surface area contributed by atoms with Crippen molar-refractivity contribution in [3.63, 3.8) is 0 Å². The first-order chi connectivity index (χ1) is 5.88. The second kappa shape index (κ2) is 3.44. The van der Waals surface area contributed by atoms with Gasteiger partial charge in [-0.15, -0.1) is 0 Å². The molecule has 7 heteroatoms. The largest absolute Gasteiger partial charge is 0.449 e. The van der Waals surface area contributed by atoms with Crippen molar-refractivity contribution in [1.82, 2.24) is 0 Å². The Kier molecular flexibility index (Phi) is 2.69. The van der Waals surface area contributed by atoms with Crippen molar-refractivity contribution in [1.29, 1.82) is 0 Å². The molecule has 13 heavy (non-hydrogen) atoms. The van der Waals surface area contributed by atoms with Crippen molar-refractivity contribution in [2.24, 2.45) is 0 Å². The summed E-state index contributed by atoms with van der Waals surface area (Å²) in [6, 6.07) is 0. The van der Waals surface area contributed by atoms with Crippen LogP contribution >= 0.6 is 0 Å². The van der Waals surface area contributed by atoms with Crippen LogP contribution in [-0.4, -0.2) is 31.7 Å². The summed E-state index contributed by atoms with van der Waals surface area (Å²) in [7, 11) is -4.73. The van der Waals surface area contributed by atoms with Crippen LogP contribution in [-0.2, 0) is 24.1 Å². The van der Waals surface area contributed by atoms with Crippen LogP contribution in [0.3, 0.4) is 0 Å². The maximum absolute atomic E-state index is 10.8. The summed E-state index contributed by atoms with van der Waals surface area (Å²) in [5, 5.41) is 0. The molecule has 1 heterocycles. The van der Waals surface area contributed by atoms with Crippen molar-refractivity contribution in [2.45, 2.75) is 12.5 Å². The van der Waals surface area contributed by atoms with E-state index in [1.54, 1.807) is 0 Å². The third kappa shape index (κ3) is 4.02. The number of rotatable bonds is 4. The summed E-state index contributed by atoms with van der Waals surface area (Å²) in [5.41, 5.74) is -0.0416. The van der Waals surface area contributed by atoms with E-state index in [2.05, 4.69) is 10.8 Å². The van der Waals surface area contributed by atoms with E-state index in [0.717, 1.165) is 0 Å². The van der Waals surface area contributed by atoms with Gasteiger partial charge in [0.1, 0.15) is 0 Å². The molecule has 0 aromatic heterocycles. The first-order valence-corrected chi connectivity index (χ1v) is 4.75. The van der Waals surface area contributed by atoms with Gasteiger partial charge in [0.05, 0.1) is 12.7 Å². The van der Waals surface area contributed by atoms with E-state index in [4.69, 9.17) is 9.29 Å². The molecule has 1 aliphatic rings. The Labute approximate surface area is 75.1 Å². The fourth-order valence-corrected chi connectivity index (χ4v) is 1.01. The Morgan fingerprint density at radius 3 is 2.62 bits per heavy atom. The molecular weight excluding hydrogens is 200 g/mol. The van der Waals surface area contributed by atoms with Gasteiger partial charge in [-0.1, -0.05) is 6.58 Å². The van der Waals surface area contributed by atoms with Crippen LogP contribution in [0.5, 0.6) is 0 Å². The molecule has 6 nitrogen and oxygen atoms in total. The summed E-state index contributed by atoms with van der Waals surface area (Å²) < 4.78 is 36.8. The molecule has 0 spiro atoms. The van der Waals surface area contributed by atoms with Crippen LogP contribution in [0.25, 0.3) is 0 Å². The number of epoxide rings is 1. The predicted octanol–water partition coefficient (Wildman–Crippen LogP) is -0.323. The van der Waals surface area contributed by atoms with Crippen LogP contribution in [0.1, 0.15) is 6.42 Å². The van der Waals surface area contributed by atoms with Crippen LogP contribution < -0.4 is 0 Å². The number of ether oxygens (including phenoxy) is 1. The van der Waals surface area contributed by atoms with Gasteiger partial charge in [0.2, 0.25) is 0 Å². The van der Waals surface area contributed by atoms with Crippen molar-refractivity contribution < 1.29 is 26.7 Å². The van der Waals surface area contributed by atoms with Gasteiger partial charge in [-0.25, -0.2) is 4.79 Å². The molecule has 0 aromatic carbocycles. The number of hydrogen-bond acceptors (Lipinski definition) is 5. The smallest absolute Gasteiger partial charge is 0.373 e. The third-order valence-corrected chi connectivity index (χ3v) is 1.71. The molecule has 1 saturated heterocycles. The van der Waals surface area contributed by atoms with Gasteiger partial charge >= 0.3 is 16.4 Å². The zero-order valence-corrected chi connectivity index (χ0v) is 7.41. The Bertz CT molecular complexity index is 325. The maximum Gasteiger partial charge on any atom is 0.449 e. The van der Waals surface area contributed by atoms with E-state index in [1.807, 2.05) is 0 Å². The van der Waals surface area contributed by atoms with Crippen molar-refractivity contribution in [2.75, 3.05) is 6.61 Å². The molecule has 1 fully saturated rings. The first kappa shape index (κ1) is 10.2. The van der Waals surface area contributed by atoms with E-state index >= 15 is 0 Å². The summed E-state index contributed by atoms with van der Waals surface area (Å²) in [6.07, 6.45) is 0.135. The second-order valence-electron chi connectivity index (χ2n) is 2.56. The molecule has 0 aromatic rings. The fraction of sp³-hybridized carbons (Fsp3) is 0.500. The van der Waals surface area contributed by atoms with E-state index in [1.165, 1.54) is 0 Å². The zero-order chi connectivity index (χ0) is 10.1. The quantitative estimate of drug-likeness (QED) is 0.386. The monoisotopic (exact) mass is 208 g/mol. The average molecular weight is 208 g/mol. The van der Waals surface area contributed by atoms with Gasteiger partial charge in [-0.2, -0.15) is 8.42 Å². The van der Waals surface area contributed by atoms with E-state index in [9.17, 15) is 13.2 Å². The normalized spacial score (nSPS) is 20.8. The Morgan fingerprint density at radius 1 is 1.69 bits per heavy atom. The minimum absolute atomic E-state index is 0.0416. The van der Waals surface area contributed by atoms with Crippen LogP contribution in [0.4, 0.5) is 0 Å². The van der Waals surface area contributed by atoms with E-state index < -0.39 is 16.4 Å². The molecule has 0 bridgehead atoms. The number of carbonyl (C=O) groups is 1. The number of carbonyl (C=O) groups excluding carboxylic acids is 1. The molecule has 0 radical (unpaired) electrons. The zero-order valence-electron chi connectivity index (χ0n) is 6.60. The highest BCUT2D eigenvalue weighted by Crippen LogP contribution is 2.18. The molecule has 1 rings (SSSR count). The molecule has 1 atom stereocenters. The summed E-state index contributed by atoms with van der Waals surface area (Å²) in [4.78, 5) is 10.8. The van der Waals surface area contributed by atoms with E-state index in [-0.39, 0.29) is 18.1 Å². The van der Waals surface area contributed by atoms with Crippen LogP contribution in [0.2, 0.25) is 0 Å². The minimum atomic E-state index is -4.73. The Morgan fingerprint density at radius 2 is 2.23 bits per heavy atom. The Hall–Kier alpha value is -0.920. The van der Waals surface area contributed by atoms with Gasteiger partial charge < -0.3 is 8.92 Å². The highest BCUT2D eigenvalue weighted by Gasteiger charge is 2.27. The van der Waals surface area contributed by atoms with Gasteiger partial charge in [0.25, 0.3) is 0 Å². The molecule has 1 aliphatic heterocycles.